The second-order valence-corrected chi connectivity index (χ2v) is 5.73. The number of carbonyl (C=O) groups excluding carboxylic acids is 1. The van der Waals surface area contributed by atoms with Crippen molar-refractivity contribution >= 4 is 22.6 Å². The summed E-state index contributed by atoms with van der Waals surface area (Å²) in [5, 5.41) is 11.4. The number of aromatic nitrogens is 3. The van der Waals surface area contributed by atoms with Crippen LogP contribution in [-0.4, -0.2) is 26.9 Å². The number of hydrogen-bond donors (Lipinski definition) is 1. The molecule has 6 nitrogen and oxygen atoms in total. The quantitative estimate of drug-likeness (QED) is 0.913. The van der Waals surface area contributed by atoms with E-state index in [9.17, 15) is 4.79 Å². The van der Waals surface area contributed by atoms with E-state index in [2.05, 4.69) is 20.5 Å². The number of pyridine rings is 1. The Hall–Kier alpha value is -2.02. The van der Waals surface area contributed by atoms with Gasteiger partial charge >= 0.3 is 6.09 Å². The predicted molar refractivity (Wildman–Crippen MR) is 73.0 cm³/mol. The highest BCUT2D eigenvalue weighted by molar-refractivity contribution is 7.18. The second kappa shape index (κ2) is 5.31. The maximum atomic E-state index is 11.6. The molecule has 0 spiro atoms. The average Bonchev–Trinajstić information content (AvgIpc) is 2.76. The second-order valence-electron chi connectivity index (χ2n) is 4.75. The van der Waals surface area contributed by atoms with Crippen LogP contribution >= 0.6 is 11.3 Å². The van der Waals surface area contributed by atoms with Gasteiger partial charge in [0.2, 0.25) is 5.13 Å². The Morgan fingerprint density at radius 3 is 2.74 bits per heavy atom. The van der Waals surface area contributed by atoms with E-state index in [1.54, 1.807) is 27.0 Å². The first-order valence-corrected chi connectivity index (χ1v) is 6.50. The molecule has 1 amide bonds. The van der Waals surface area contributed by atoms with Gasteiger partial charge < -0.3 is 4.74 Å². The Morgan fingerprint density at radius 2 is 2.11 bits per heavy atom. The van der Waals surface area contributed by atoms with Crippen molar-refractivity contribution in [3.8, 4) is 10.7 Å². The monoisotopic (exact) mass is 278 g/mol. The van der Waals surface area contributed by atoms with Crippen molar-refractivity contribution in [3.63, 3.8) is 0 Å². The van der Waals surface area contributed by atoms with Crippen LogP contribution in [-0.2, 0) is 4.74 Å². The summed E-state index contributed by atoms with van der Waals surface area (Å²) in [5.74, 6) is 0. The maximum absolute atomic E-state index is 11.6. The first-order valence-electron chi connectivity index (χ1n) is 5.69. The van der Waals surface area contributed by atoms with Crippen LogP contribution in [0.1, 0.15) is 20.8 Å². The molecule has 0 bridgehead atoms. The summed E-state index contributed by atoms with van der Waals surface area (Å²) in [6.07, 6.45) is 1.13. The summed E-state index contributed by atoms with van der Waals surface area (Å²) in [6.45, 7) is 5.39. The van der Waals surface area contributed by atoms with Gasteiger partial charge in [-0.05, 0) is 32.9 Å². The van der Waals surface area contributed by atoms with Crippen LogP contribution in [0.25, 0.3) is 10.7 Å². The van der Waals surface area contributed by atoms with Crippen LogP contribution in [0.5, 0.6) is 0 Å². The number of amides is 1. The molecule has 0 fully saturated rings. The Morgan fingerprint density at radius 1 is 1.32 bits per heavy atom. The third kappa shape index (κ3) is 3.99. The van der Waals surface area contributed by atoms with Gasteiger partial charge in [0.1, 0.15) is 11.3 Å². The summed E-state index contributed by atoms with van der Waals surface area (Å²) in [6, 6.07) is 5.52. The summed E-state index contributed by atoms with van der Waals surface area (Å²) in [5.41, 5.74) is 0.177. The fraction of sp³-hybridized carbons (Fsp3) is 0.333. The number of nitrogens with one attached hydrogen (secondary N) is 1. The van der Waals surface area contributed by atoms with Gasteiger partial charge in [0.25, 0.3) is 0 Å². The molecule has 0 aliphatic rings. The van der Waals surface area contributed by atoms with E-state index in [1.807, 2.05) is 18.2 Å². The SMILES string of the molecule is CC(C)(C)OC(=O)Nc1nnc(-c2ccccn2)s1. The molecule has 2 aromatic heterocycles. The molecule has 1 N–H and O–H groups in total. The van der Waals surface area contributed by atoms with Gasteiger partial charge in [-0.2, -0.15) is 0 Å². The van der Waals surface area contributed by atoms with Crippen molar-refractivity contribution < 1.29 is 9.53 Å². The molecule has 19 heavy (non-hydrogen) atoms. The minimum absolute atomic E-state index is 0.384. The lowest BCUT2D eigenvalue weighted by atomic mass is 10.2. The van der Waals surface area contributed by atoms with Gasteiger partial charge in [-0.15, -0.1) is 10.2 Å². The largest absolute Gasteiger partial charge is 0.444 e. The van der Waals surface area contributed by atoms with E-state index in [0.717, 1.165) is 5.69 Å². The van der Waals surface area contributed by atoms with Crippen LogP contribution < -0.4 is 5.32 Å². The Kier molecular flexibility index (Phi) is 3.75. The molecule has 0 radical (unpaired) electrons. The highest BCUT2D eigenvalue weighted by Crippen LogP contribution is 2.24. The third-order valence-corrected chi connectivity index (χ3v) is 2.78. The first kappa shape index (κ1) is 13.4. The van der Waals surface area contributed by atoms with E-state index in [0.29, 0.717) is 10.1 Å². The van der Waals surface area contributed by atoms with Crippen molar-refractivity contribution in [2.45, 2.75) is 26.4 Å². The van der Waals surface area contributed by atoms with Gasteiger partial charge in [0.15, 0.2) is 5.01 Å². The molecule has 2 rings (SSSR count). The van der Waals surface area contributed by atoms with Crippen LogP contribution in [0, 0.1) is 0 Å². The molecule has 0 saturated heterocycles. The Labute approximate surface area is 114 Å². The van der Waals surface area contributed by atoms with Gasteiger partial charge in [0, 0.05) is 6.20 Å². The van der Waals surface area contributed by atoms with Crippen LogP contribution in [0.2, 0.25) is 0 Å². The van der Waals surface area contributed by atoms with Gasteiger partial charge in [-0.3, -0.25) is 10.3 Å². The predicted octanol–water partition coefficient (Wildman–Crippen LogP) is 2.95. The zero-order valence-corrected chi connectivity index (χ0v) is 11.7. The van der Waals surface area contributed by atoms with Crippen LogP contribution in [0.15, 0.2) is 24.4 Å². The van der Waals surface area contributed by atoms with E-state index in [-0.39, 0.29) is 0 Å². The van der Waals surface area contributed by atoms with E-state index < -0.39 is 11.7 Å². The fourth-order valence-electron chi connectivity index (χ4n) is 1.26. The molecule has 0 atom stereocenters. The van der Waals surface area contributed by atoms with Gasteiger partial charge in [-0.1, -0.05) is 17.4 Å². The molecule has 2 aromatic rings. The molecule has 0 saturated carbocycles. The molecule has 0 aromatic carbocycles. The number of nitrogens with zero attached hydrogens (tertiary/aromatic N) is 3. The van der Waals surface area contributed by atoms with Crippen molar-refractivity contribution in [2.24, 2.45) is 0 Å². The average molecular weight is 278 g/mol. The number of rotatable bonds is 2. The molecular formula is C12H14N4O2S. The molecule has 7 heteroatoms. The number of anilines is 1. The van der Waals surface area contributed by atoms with Gasteiger partial charge in [-0.25, -0.2) is 4.79 Å². The Balaban J connectivity index is 2.04. The maximum Gasteiger partial charge on any atom is 0.414 e. The molecule has 0 unspecified atom stereocenters. The van der Waals surface area contributed by atoms with Crippen LogP contribution in [0.3, 0.4) is 0 Å². The highest BCUT2D eigenvalue weighted by atomic mass is 32.1. The topological polar surface area (TPSA) is 77.0 Å². The molecule has 0 aliphatic carbocycles. The lowest BCUT2D eigenvalue weighted by Crippen LogP contribution is -2.27. The fourth-order valence-corrected chi connectivity index (χ4v) is 1.96. The van der Waals surface area contributed by atoms with Crippen molar-refractivity contribution in [3.05, 3.63) is 24.4 Å². The van der Waals surface area contributed by atoms with Gasteiger partial charge in [0.05, 0.1) is 0 Å². The molecule has 100 valence electrons. The summed E-state index contributed by atoms with van der Waals surface area (Å²) >= 11 is 1.24. The van der Waals surface area contributed by atoms with E-state index in [1.165, 1.54) is 11.3 Å². The standard InChI is InChI=1S/C12H14N4O2S/c1-12(2,3)18-11(17)14-10-16-15-9(19-10)8-6-4-5-7-13-8/h4-7H,1-3H3,(H,14,16,17). The minimum Gasteiger partial charge on any atom is -0.444 e. The smallest absolute Gasteiger partial charge is 0.414 e. The third-order valence-electron chi connectivity index (χ3n) is 1.92. The van der Waals surface area contributed by atoms with E-state index >= 15 is 0 Å². The zero-order chi connectivity index (χ0) is 13.9. The lowest BCUT2D eigenvalue weighted by molar-refractivity contribution is 0.0636. The lowest BCUT2D eigenvalue weighted by Gasteiger charge is -2.18. The summed E-state index contributed by atoms with van der Waals surface area (Å²) in [4.78, 5) is 15.7. The number of hydrogen-bond acceptors (Lipinski definition) is 6. The number of ether oxygens (including phenoxy) is 1. The van der Waals surface area contributed by atoms with Crippen molar-refractivity contribution in [2.75, 3.05) is 5.32 Å². The summed E-state index contributed by atoms with van der Waals surface area (Å²) < 4.78 is 5.13. The zero-order valence-electron chi connectivity index (χ0n) is 10.9. The highest BCUT2D eigenvalue weighted by Gasteiger charge is 2.17. The van der Waals surface area contributed by atoms with Crippen LogP contribution in [0.4, 0.5) is 9.93 Å². The Bertz CT molecular complexity index is 563. The normalized spacial score (nSPS) is 11.1. The van der Waals surface area contributed by atoms with E-state index in [4.69, 9.17) is 4.74 Å². The summed E-state index contributed by atoms with van der Waals surface area (Å²) in [7, 11) is 0. The molecular weight excluding hydrogens is 264 g/mol. The minimum atomic E-state index is -0.545. The molecule has 0 aliphatic heterocycles. The first-order chi connectivity index (χ1) is 8.94. The van der Waals surface area contributed by atoms with Crippen molar-refractivity contribution in [1.82, 2.24) is 15.2 Å². The molecule has 2 heterocycles. The number of carbonyl (C=O) groups is 1. The van der Waals surface area contributed by atoms with Crippen molar-refractivity contribution in [1.29, 1.82) is 0 Å².